The second-order valence-electron chi connectivity index (χ2n) is 7.53. The number of nitrogens with zero attached hydrogens (tertiary/aromatic N) is 4. The largest absolute Gasteiger partial charge is 0.490 e. The lowest BCUT2D eigenvalue weighted by Gasteiger charge is -2.32. The number of anilines is 1. The van der Waals surface area contributed by atoms with E-state index in [1.807, 2.05) is 63.2 Å². The summed E-state index contributed by atoms with van der Waals surface area (Å²) in [6, 6.07) is 12.8. The van der Waals surface area contributed by atoms with E-state index in [1.165, 1.54) is 6.92 Å². The highest BCUT2D eigenvalue weighted by Gasteiger charge is 2.41. The number of benzene rings is 2. The van der Waals surface area contributed by atoms with Crippen LogP contribution in [0.3, 0.4) is 0 Å². The van der Waals surface area contributed by atoms with E-state index in [-0.39, 0.29) is 5.91 Å². The van der Waals surface area contributed by atoms with Crippen molar-refractivity contribution in [3.05, 3.63) is 53.6 Å². The Morgan fingerprint density at radius 2 is 1.88 bits per heavy atom. The SMILES string of the molecule is CCN=C1N=NC2c3ccccc3N(C(C)=O)C(c3ccc(OCC)c(OCC)c3)OC2N1. The van der Waals surface area contributed by atoms with Crippen molar-refractivity contribution in [1.29, 1.82) is 0 Å². The smallest absolute Gasteiger partial charge is 0.239 e. The number of ether oxygens (including phenoxy) is 3. The topological polar surface area (TPSA) is 97.1 Å². The normalized spacial score (nSPS) is 22.7. The third-order valence-electron chi connectivity index (χ3n) is 5.36. The van der Waals surface area contributed by atoms with Crippen LogP contribution >= 0.6 is 0 Å². The number of aliphatic imine (C=N–C) groups is 1. The van der Waals surface area contributed by atoms with Gasteiger partial charge in [-0.3, -0.25) is 14.7 Å². The second kappa shape index (κ2) is 9.99. The van der Waals surface area contributed by atoms with Gasteiger partial charge in [-0.05, 0) is 39.0 Å². The summed E-state index contributed by atoms with van der Waals surface area (Å²) in [7, 11) is 0. The van der Waals surface area contributed by atoms with Crippen molar-refractivity contribution in [2.24, 2.45) is 15.2 Å². The molecule has 0 saturated heterocycles. The van der Waals surface area contributed by atoms with Gasteiger partial charge in [-0.25, -0.2) is 0 Å². The molecular weight excluding hydrogens is 422 g/mol. The van der Waals surface area contributed by atoms with Crippen LogP contribution in [0.2, 0.25) is 0 Å². The Kier molecular flexibility index (Phi) is 6.88. The Labute approximate surface area is 193 Å². The van der Waals surface area contributed by atoms with Crippen LogP contribution in [0.25, 0.3) is 0 Å². The number of guanidine groups is 1. The first-order chi connectivity index (χ1) is 16.1. The fourth-order valence-corrected chi connectivity index (χ4v) is 4.04. The molecule has 1 N–H and O–H groups in total. The predicted octanol–water partition coefficient (Wildman–Crippen LogP) is 4.36. The monoisotopic (exact) mass is 451 g/mol. The summed E-state index contributed by atoms with van der Waals surface area (Å²) in [6.45, 7) is 8.86. The number of amides is 1. The van der Waals surface area contributed by atoms with E-state index < -0.39 is 18.5 Å². The highest BCUT2D eigenvalue weighted by Crippen LogP contribution is 2.43. The average Bonchev–Trinajstić information content (AvgIpc) is 2.95. The Hall–Kier alpha value is -3.46. The summed E-state index contributed by atoms with van der Waals surface area (Å²) in [5.41, 5.74) is 2.33. The lowest BCUT2D eigenvalue weighted by Crippen LogP contribution is -2.44. The van der Waals surface area contributed by atoms with E-state index in [0.717, 1.165) is 16.8 Å². The molecule has 174 valence electrons. The number of fused-ring (bicyclic) bond motifs is 3. The van der Waals surface area contributed by atoms with Gasteiger partial charge in [0, 0.05) is 24.6 Å². The number of nitrogens with one attached hydrogen (secondary N) is 1. The van der Waals surface area contributed by atoms with Crippen LogP contribution in [0, 0.1) is 0 Å². The number of hydrogen-bond acceptors (Lipinski definition) is 6. The molecule has 33 heavy (non-hydrogen) atoms. The molecule has 9 heteroatoms. The third-order valence-corrected chi connectivity index (χ3v) is 5.36. The maximum atomic E-state index is 12.9. The van der Waals surface area contributed by atoms with Crippen LogP contribution in [0.15, 0.2) is 57.7 Å². The van der Waals surface area contributed by atoms with Gasteiger partial charge in [0.15, 0.2) is 24.0 Å². The van der Waals surface area contributed by atoms with Crippen molar-refractivity contribution < 1.29 is 19.0 Å². The van der Waals surface area contributed by atoms with Crippen LogP contribution in [-0.4, -0.2) is 37.9 Å². The predicted molar refractivity (Wildman–Crippen MR) is 125 cm³/mol. The van der Waals surface area contributed by atoms with Crippen LogP contribution < -0.4 is 19.7 Å². The molecule has 9 nitrogen and oxygen atoms in total. The van der Waals surface area contributed by atoms with E-state index in [9.17, 15) is 4.79 Å². The van der Waals surface area contributed by atoms with Crippen molar-refractivity contribution >= 4 is 17.6 Å². The Morgan fingerprint density at radius 1 is 1.12 bits per heavy atom. The summed E-state index contributed by atoms with van der Waals surface area (Å²) in [6.07, 6.45) is -1.29. The minimum Gasteiger partial charge on any atom is -0.490 e. The molecule has 2 aromatic rings. The Morgan fingerprint density at radius 3 is 2.61 bits per heavy atom. The Balaban J connectivity index is 1.84. The molecule has 2 aliphatic rings. The first-order valence-electron chi connectivity index (χ1n) is 11.2. The van der Waals surface area contributed by atoms with Crippen molar-refractivity contribution in [1.82, 2.24) is 5.32 Å². The first-order valence-corrected chi connectivity index (χ1v) is 11.2. The third kappa shape index (κ3) is 4.54. The van der Waals surface area contributed by atoms with Crippen molar-refractivity contribution in [2.45, 2.75) is 46.2 Å². The van der Waals surface area contributed by atoms with Gasteiger partial charge in [0.2, 0.25) is 11.9 Å². The van der Waals surface area contributed by atoms with E-state index in [4.69, 9.17) is 14.2 Å². The van der Waals surface area contributed by atoms with Gasteiger partial charge in [-0.15, -0.1) is 5.11 Å². The van der Waals surface area contributed by atoms with Crippen LogP contribution in [0.4, 0.5) is 5.69 Å². The molecule has 0 aliphatic carbocycles. The van der Waals surface area contributed by atoms with Gasteiger partial charge in [0.1, 0.15) is 6.04 Å². The number of carbonyl (C=O) groups excluding carboxylic acids is 1. The number of para-hydroxylation sites is 1. The van der Waals surface area contributed by atoms with Gasteiger partial charge in [-0.1, -0.05) is 24.3 Å². The van der Waals surface area contributed by atoms with Gasteiger partial charge in [-0.2, -0.15) is 5.11 Å². The summed E-state index contributed by atoms with van der Waals surface area (Å²) < 4.78 is 18.1. The van der Waals surface area contributed by atoms with E-state index in [2.05, 4.69) is 20.5 Å². The molecule has 2 heterocycles. The van der Waals surface area contributed by atoms with Crippen LogP contribution in [0.5, 0.6) is 11.5 Å². The fourth-order valence-electron chi connectivity index (χ4n) is 4.04. The van der Waals surface area contributed by atoms with E-state index >= 15 is 0 Å². The quantitative estimate of drug-likeness (QED) is 0.704. The van der Waals surface area contributed by atoms with Gasteiger partial charge < -0.3 is 19.5 Å². The summed E-state index contributed by atoms with van der Waals surface area (Å²) in [5.74, 6) is 1.50. The molecule has 3 unspecified atom stereocenters. The van der Waals surface area contributed by atoms with Crippen molar-refractivity contribution in [3.63, 3.8) is 0 Å². The molecule has 2 aliphatic heterocycles. The van der Waals surface area contributed by atoms with Crippen LogP contribution in [0.1, 0.15) is 51.1 Å². The maximum absolute atomic E-state index is 12.9. The second-order valence-corrected chi connectivity index (χ2v) is 7.53. The molecule has 0 saturated carbocycles. The minimum absolute atomic E-state index is 0.155. The van der Waals surface area contributed by atoms with Crippen LogP contribution in [-0.2, 0) is 9.53 Å². The van der Waals surface area contributed by atoms with Crippen molar-refractivity contribution in [3.8, 4) is 11.5 Å². The molecule has 4 rings (SSSR count). The zero-order valence-electron chi connectivity index (χ0n) is 19.3. The molecule has 1 amide bonds. The molecule has 0 radical (unpaired) electrons. The number of carbonyl (C=O) groups is 1. The summed E-state index contributed by atoms with van der Waals surface area (Å²) >= 11 is 0. The molecule has 3 atom stereocenters. The summed E-state index contributed by atoms with van der Waals surface area (Å²) in [5, 5.41) is 12.0. The zero-order valence-corrected chi connectivity index (χ0v) is 19.3. The molecule has 0 bridgehead atoms. The number of hydrogen-bond donors (Lipinski definition) is 1. The highest BCUT2D eigenvalue weighted by atomic mass is 16.5. The Bertz CT molecular complexity index is 1070. The number of azo groups is 1. The lowest BCUT2D eigenvalue weighted by atomic mass is 10.0. The zero-order chi connectivity index (χ0) is 23.4. The highest BCUT2D eigenvalue weighted by molar-refractivity contribution is 5.93. The molecule has 0 fully saturated rings. The van der Waals surface area contributed by atoms with E-state index in [0.29, 0.717) is 37.2 Å². The standard InChI is InChI=1S/C24H29N5O4/c1-5-25-24-26-22-21(27-28-24)17-10-8-9-11-18(17)29(15(4)30)23(33-22)16-12-13-19(31-6-2)20(14-16)32-7-3/h8-14,21-23H,5-7H2,1-4H3,(H,25,26). The molecule has 0 spiro atoms. The molecule has 0 aromatic heterocycles. The first kappa shape index (κ1) is 22.7. The number of rotatable bonds is 6. The van der Waals surface area contributed by atoms with E-state index in [1.54, 1.807) is 4.90 Å². The maximum Gasteiger partial charge on any atom is 0.239 e. The van der Waals surface area contributed by atoms with Gasteiger partial charge >= 0.3 is 0 Å². The lowest BCUT2D eigenvalue weighted by molar-refractivity contribution is -0.121. The van der Waals surface area contributed by atoms with Gasteiger partial charge in [0.05, 0.1) is 18.9 Å². The van der Waals surface area contributed by atoms with Gasteiger partial charge in [0.25, 0.3) is 0 Å². The molecule has 2 aromatic carbocycles. The minimum atomic E-state index is -0.725. The summed E-state index contributed by atoms with van der Waals surface area (Å²) in [4.78, 5) is 18.9. The fraction of sp³-hybridized carbons (Fsp3) is 0.417. The average molecular weight is 452 g/mol. The van der Waals surface area contributed by atoms with Crippen molar-refractivity contribution in [2.75, 3.05) is 24.7 Å². The molecular formula is C24H29N5O4.